The summed E-state index contributed by atoms with van der Waals surface area (Å²) in [6.45, 7) is -0.105. The molecule has 0 radical (unpaired) electrons. The molecule has 0 unspecified atom stereocenters. The summed E-state index contributed by atoms with van der Waals surface area (Å²) in [5.41, 5.74) is 0.800. The topological polar surface area (TPSA) is 63.7 Å². The number of ether oxygens (including phenoxy) is 1. The van der Waals surface area contributed by atoms with Gasteiger partial charge in [-0.1, -0.05) is 40.9 Å². The molecule has 1 N–H and O–H groups in total. The summed E-state index contributed by atoms with van der Waals surface area (Å²) in [6, 6.07) is 7.55. The van der Waals surface area contributed by atoms with Crippen LogP contribution in [0.25, 0.3) is 11.4 Å². The minimum absolute atomic E-state index is 0.105. The second-order valence-electron chi connectivity index (χ2n) is 4.49. The molecule has 118 valence electrons. The van der Waals surface area contributed by atoms with E-state index in [-0.39, 0.29) is 33.0 Å². The third-order valence-corrected chi connectivity index (χ3v) is 3.94. The molecule has 3 aromatic rings. The number of H-pyrrole nitrogens is 1. The predicted octanol–water partition coefficient (Wildman–Crippen LogP) is 4.55. The molecule has 0 saturated carbocycles. The lowest BCUT2D eigenvalue weighted by molar-refractivity contribution is 0.300. The van der Waals surface area contributed by atoms with Crippen LogP contribution in [0.2, 0.25) is 15.1 Å². The highest BCUT2D eigenvalue weighted by Gasteiger charge is 2.15. The largest absolute Gasteiger partial charge is 0.486 e. The number of aromatic amines is 1. The molecule has 9 heteroatoms. The first-order chi connectivity index (χ1) is 11.1. The Morgan fingerprint density at radius 3 is 2.43 bits per heavy atom. The normalized spacial score (nSPS) is 10.8. The molecule has 3 rings (SSSR count). The van der Waals surface area contributed by atoms with Gasteiger partial charge >= 0.3 is 0 Å². The monoisotopic (exact) mass is 372 g/mol. The Labute approximate surface area is 145 Å². The van der Waals surface area contributed by atoms with Crippen LogP contribution in [0.5, 0.6) is 5.75 Å². The molecule has 1 aromatic heterocycles. The van der Waals surface area contributed by atoms with Crippen molar-refractivity contribution in [2.24, 2.45) is 0 Å². The molecule has 0 aliphatic carbocycles. The number of hydrogen-bond donors (Lipinski definition) is 1. The first-order valence-electron chi connectivity index (χ1n) is 6.35. The van der Waals surface area contributed by atoms with Crippen LogP contribution in [0.3, 0.4) is 0 Å². The summed E-state index contributed by atoms with van der Waals surface area (Å²) >= 11 is 18.3. The Morgan fingerprint density at radius 1 is 1.09 bits per heavy atom. The van der Waals surface area contributed by atoms with Crippen LogP contribution in [-0.2, 0) is 6.61 Å². The minimum atomic E-state index is -0.465. The van der Waals surface area contributed by atoms with Crippen molar-refractivity contribution in [2.75, 3.05) is 0 Å². The van der Waals surface area contributed by atoms with Crippen molar-refractivity contribution in [3.8, 4) is 17.1 Å². The van der Waals surface area contributed by atoms with Gasteiger partial charge in [0, 0.05) is 11.1 Å². The Morgan fingerprint density at radius 2 is 1.83 bits per heavy atom. The Bertz CT molecular complexity index is 799. The van der Waals surface area contributed by atoms with E-state index in [9.17, 15) is 4.39 Å². The third kappa shape index (κ3) is 3.39. The van der Waals surface area contributed by atoms with E-state index < -0.39 is 5.82 Å². The van der Waals surface area contributed by atoms with Gasteiger partial charge in [-0.2, -0.15) is 5.21 Å². The smallest absolute Gasteiger partial charge is 0.204 e. The maximum Gasteiger partial charge on any atom is 0.204 e. The number of hydrogen-bond acceptors (Lipinski definition) is 4. The lowest BCUT2D eigenvalue weighted by atomic mass is 10.2. The molecule has 0 fully saturated rings. The Kier molecular flexibility index (Phi) is 4.66. The minimum Gasteiger partial charge on any atom is -0.486 e. The average molecular weight is 374 g/mol. The standard InChI is InChI=1S/C14H8Cl3FN4O/c15-9-2-1-3-12(18)8(9)6-23-13-10(16)4-7(5-11(13)17)14-19-21-22-20-14/h1-5H,6H2,(H,19,20,21,22). The molecule has 5 nitrogen and oxygen atoms in total. The zero-order chi connectivity index (χ0) is 16.4. The van der Waals surface area contributed by atoms with E-state index in [1.54, 1.807) is 18.2 Å². The van der Waals surface area contributed by atoms with Gasteiger partial charge < -0.3 is 4.74 Å². The highest BCUT2D eigenvalue weighted by Crippen LogP contribution is 2.37. The fraction of sp³-hybridized carbons (Fsp3) is 0.0714. The SMILES string of the molecule is Fc1cccc(Cl)c1COc1c(Cl)cc(-c2nn[nH]n2)cc1Cl. The summed E-state index contributed by atoms with van der Waals surface area (Å²) in [4.78, 5) is 0. The summed E-state index contributed by atoms with van der Waals surface area (Å²) in [5.74, 6) is 0.102. The molecule has 0 saturated heterocycles. The molecule has 0 spiro atoms. The average Bonchev–Trinajstić information content (AvgIpc) is 3.03. The van der Waals surface area contributed by atoms with Gasteiger partial charge in [0.25, 0.3) is 0 Å². The number of tetrazole rings is 1. The first kappa shape index (κ1) is 16.0. The van der Waals surface area contributed by atoms with Crippen LogP contribution in [-0.4, -0.2) is 20.6 Å². The molecule has 1 heterocycles. The summed E-state index contributed by atoms with van der Waals surface area (Å²) in [7, 11) is 0. The van der Waals surface area contributed by atoms with Gasteiger partial charge in [-0.15, -0.1) is 10.2 Å². The van der Waals surface area contributed by atoms with Gasteiger partial charge in [-0.3, -0.25) is 0 Å². The molecule has 23 heavy (non-hydrogen) atoms. The van der Waals surface area contributed by atoms with Gasteiger partial charge in [-0.05, 0) is 29.5 Å². The second-order valence-corrected chi connectivity index (χ2v) is 5.71. The fourth-order valence-electron chi connectivity index (χ4n) is 1.93. The van der Waals surface area contributed by atoms with Crippen molar-refractivity contribution < 1.29 is 9.13 Å². The van der Waals surface area contributed by atoms with E-state index in [0.717, 1.165) is 0 Å². The summed E-state index contributed by atoms with van der Waals surface area (Å²) < 4.78 is 19.3. The van der Waals surface area contributed by atoms with Crippen LogP contribution in [0, 0.1) is 5.82 Å². The highest BCUT2D eigenvalue weighted by atomic mass is 35.5. The van der Waals surface area contributed by atoms with Gasteiger partial charge in [0.2, 0.25) is 5.82 Å². The van der Waals surface area contributed by atoms with Gasteiger partial charge in [0.1, 0.15) is 12.4 Å². The number of nitrogens with zero attached hydrogens (tertiary/aromatic N) is 3. The maximum atomic E-state index is 13.7. The van der Waals surface area contributed by atoms with E-state index in [2.05, 4.69) is 20.6 Å². The number of nitrogens with one attached hydrogen (secondary N) is 1. The fourth-order valence-corrected chi connectivity index (χ4v) is 2.74. The second kappa shape index (κ2) is 6.70. The molecule has 2 aromatic carbocycles. The van der Waals surface area contributed by atoms with Gasteiger partial charge in [0.05, 0.1) is 15.1 Å². The van der Waals surface area contributed by atoms with Crippen molar-refractivity contribution in [1.29, 1.82) is 0 Å². The van der Waals surface area contributed by atoms with Crippen LogP contribution >= 0.6 is 34.8 Å². The molecule has 0 atom stereocenters. The Hall–Kier alpha value is -1.89. The number of aromatic nitrogens is 4. The van der Waals surface area contributed by atoms with Crippen LogP contribution in [0.1, 0.15) is 5.56 Å². The van der Waals surface area contributed by atoms with Crippen molar-refractivity contribution >= 4 is 34.8 Å². The highest BCUT2D eigenvalue weighted by molar-refractivity contribution is 6.37. The van der Waals surface area contributed by atoms with E-state index in [1.165, 1.54) is 12.1 Å². The van der Waals surface area contributed by atoms with Crippen LogP contribution in [0.4, 0.5) is 4.39 Å². The van der Waals surface area contributed by atoms with Crippen molar-refractivity contribution in [3.63, 3.8) is 0 Å². The summed E-state index contributed by atoms with van der Waals surface area (Å²) in [5, 5.41) is 14.2. The van der Waals surface area contributed by atoms with E-state index in [0.29, 0.717) is 11.4 Å². The number of rotatable bonds is 4. The molecule has 0 amide bonds. The zero-order valence-electron chi connectivity index (χ0n) is 11.4. The maximum absolute atomic E-state index is 13.7. The molecule has 0 aliphatic heterocycles. The predicted molar refractivity (Wildman–Crippen MR) is 85.4 cm³/mol. The first-order valence-corrected chi connectivity index (χ1v) is 7.48. The third-order valence-electron chi connectivity index (χ3n) is 3.02. The number of halogens is 4. The molecule has 0 aliphatic rings. The van der Waals surface area contributed by atoms with E-state index in [1.807, 2.05) is 0 Å². The van der Waals surface area contributed by atoms with Gasteiger partial charge in [-0.25, -0.2) is 4.39 Å². The van der Waals surface area contributed by atoms with E-state index in [4.69, 9.17) is 39.5 Å². The van der Waals surface area contributed by atoms with Crippen molar-refractivity contribution in [2.45, 2.75) is 6.61 Å². The lowest BCUT2D eigenvalue weighted by Gasteiger charge is -2.12. The lowest BCUT2D eigenvalue weighted by Crippen LogP contribution is -2.00. The van der Waals surface area contributed by atoms with Gasteiger partial charge in [0.15, 0.2) is 5.75 Å². The number of benzene rings is 2. The molecular weight excluding hydrogens is 366 g/mol. The van der Waals surface area contributed by atoms with Crippen molar-refractivity contribution in [1.82, 2.24) is 20.6 Å². The van der Waals surface area contributed by atoms with Crippen LogP contribution in [0.15, 0.2) is 30.3 Å². The van der Waals surface area contributed by atoms with E-state index >= 15 is 0 Å². The van der Waals surface area contributed by atoms with Crippen molar-refractivity contribution in [3.05, 3.63) is 56.8 Å². The molecule has 0 bridgehead atoms. The quantitative estimate of drug-likeness (QED) is 0.729. The summed E-state index contributed by atoms with van der Waals surface area (Å²) in [6.07, 6.45) is 0. The molecular formula is C14H8Cl3FN4O. The Balaban J connectivity index is 1.86. The van der Waals surface area contributed by atoms with Crippen LogP contribution < -0.4 is 4.74 Å². The zero-order valence-corrected chi connectivity index (χ0v) is 13.6.